The highest BCUT2D eigenvalue weighted by atomic mass is 16.5. The Balaban J connectivity index is 1.96. The van der Waals surface area contributed by atoms with Crippen LogP contribution in [0, 0.1) is 5.92 Å². The number of hydrogen-bond acceptors (Lipinski definition) is 3. The summed E-state index contributed by atoms with van der Waals surface area (Å²) in [5.74, 6) is -0.0994. The van der Waals surface area contributed by atoms with Gasteiger partial charge in [0.15, 0.2) is 0 Å². The molecule has 3 rings (SSSR count). The van der Waals surface area contributed by atoms with Gasteiger partial charge in [0.05, 0.1) is 13.0 Å². The summed E-state index contributed by atoms with van der Waals surface area (Å²) >= 11 is 0. The quantitative estimate of drug-likeness (QED) is 0.872. The first-order chi connectivity index (χ1) is 9.20. The molecule has 4 heteroatoms. The van der Waals surface area contributed by atoms with E-state index >= 15 is 0 Å². The first-order valence-corrected chi connectivity index (χ1v) is 6.85. The van der Waals surface area contributed by atoms with Crippen molar-refractivity contribution in [1.82, 2.24) is 5.32 Å². The fourth-order valence-electron chi connectivity index (χ4n) is 3.38. The first-order valence-electron chi connectivity index (χ1n) is 6.85. The number of fused-ring (bicyclic) bond motifs is 1. The number of carboxylic acid groups (broad SMARTS) is 1. The van der Waals surface area contributed by atoms with E-state index in [1.807, 2.05) is 6.07 Å². The van der Waals surface area contributed by atoms with E-state index in [1.165, 1.54) is 23.1 Å². The molecule has 0 spiro atoms. The third-order valence-electron chi connectivity index (χ3n) is 4.34. The van der Waals surface area contributed by atoms with Crippen molar-refractivity contribution in [2.45, 2.75) is 31.7 Å². The highest BCUT2D eigenvalue weighted by Crippen LogP contribution is 2.40. The van der Waals surface area contributed by atoms with E-state index in [9.17, 15) is 4.79 Å². The van der Waals surface area contributed by atoms with Crippen molar-refractivity contribution in [3.05, 3.63) is 28.8 Å². The Bertz CT molecular complexity index is 512. The van der Waals surface area contributed by atoms with E-state index < -0.39 is 5.97 Å². The second kappa shape index (κ2) is 4.85. The molecule has 1 heterocycles. The number of aliphatic carboxylic acids is 1. The molecule has 2 atom stereocenters. The van der Waals surface area contributed by atoms with Crippen LogP contribution in [0.4, 0.5) is 0 Å². The molecule has 1 saturated heterocycles. The molecule has 1 fully saturated rings. The molecule has 1 aromatic carbocycles. The molecular formula is C15H19NO3. The number of ether oxygens (including phenoxy) is 1. The van der Waals surface area contributed by atoms with Crippen molar-refractivity contribution in [3.63, 3.8) is 0 Å². The van der Waals surface area contributed by atoms with Gasteiger partial charge < -0.3 is 15.2 Å². The largest absolute Gasteiger partial charge is 0.496 e. The molecule has 4 nitrogen and oxygen atoms in total. The lowest BCUT2D eigenvalue weighted by atomic mass is 9.93. The molecule has 0 bridgehead atoms. The molecular weight excluding hydrogens is 242 g/mol. The molecule has 2 N–H and O–H groups in total. The highest BCUT2D eigenvalue weighted by Gasteiger charge is 2.34. The van der Waals surface area contributed by atoms with Crippen LogP contribution >= 0.6 is 0 Å². The zero-order valence-corrected chi connectivity index (χ0v) is 11.1. The molecule has 1 aliphatic carbocycles. The van der Waals surface area contributed by atoms with E-state index in [1.54, 1.807) is 7.11 Å². The van der Waals surface area contributed by atoms with Crippen molar-refractivity contribution in [3.8, 4) is 5.75 Å². The van der Waals surface area contributed by atoms with Gasteiger partial charge in [-0.2, -0.15) is 0 Å². The predicted octanol–water partition coefficient (Wildman–Crippen LogP) is 1.92. The molecule has 0 radical (unpaired) electrons. The van der Waals surface area contributed by atoms with Gasteiger partial charge in [0.2, 0.25) is 0 Å². The second-order valence-corrected chi connectivity index (χ2v) is 5.40. The van der Waals surface area contributed by atoms with Gasteiger partial charge in [-0.3, -0.25) is 4.79 Å². The maximum absolute atomic E-state index is 11.1. The number of benzene rings is 1. The van der Waals surface area contributed by atoms with Crippen LogP contribution in [0.2, 0.25) is 0 Å². The molecule has 19 heavy (non-hydrogen) atoms. The molecule has 102 valence electrons. The van der Waals surface area contributed by atoms with Crippen molar-refractivity contribution >= 4 is 5.97 Å². The van der Waals surface area contributed by atoms with Crippen molar-refractivity contribution in [2.75, 3.05) is 13.7 Å². The summed E-state index contributed by atoms with van der Waals surface area (Å²) < 4.78 is 5.49. The molecule has 1 aliphatic heterocycles. The van der Waals surface area contributed by atoms with Crippen LogP contribution in [0.15, 0.2) is 12.1 Å². The minimum absolute atomic E-state index is 0.115. The smallest absolute Gasteiger partial charge is 0.307 e. The van der Waals surface area contributed by atoms with Crippen molar-refractivity contribution in [1.29, 1.82) is 0 Å². The predicted molar refractivity (Wildman–Crippen MR) is 71.5 cm³/mol. The van der Waals surface area contributed by atoms with Gasteiger partial charge in [-0.15, -0.1) is 0 Å². The van der Waals surface area contributed by atoms with Gasteiger partial charge in [-0.05, 0) is 42.9 Å². The van der Waals surface area contributed by atoms with Crippen molar-refractivity contribution in [2.24, 2.45) is 5.92 Å². The lowest BCUT2D eigenvalue weighted by Gasteiger charge is -2.19. The molecule has 0 aromatic heterocycles. The van der Waals surface area contributed by atoms with Crippen LogP contribution in [-0.2, 0) is 17.6 Å². The Morgan fingerprint density at radius 2 is 2.26 bits per heavy atom. The number of carboxylic acids is 1. The van der Waals surface area contributed by atoms with E-state index in [-0.39, 0.29) is 12.0 Å². The van der Waals surface area contributed by atoms with Crippen LogP contribution in [0.5, 0.6) is 5.75 Å². The third kappa shape index (κ3) is 2.10. The Morgan fingerprint density at radius 1 is 1.42 bits per heavy atom. The monoisotopic (exact) mass is 261 g/mol. The van der Waals surface area contributed by atoms with E-state index in [2.05, 4.69) is 11.4 Å². The lowest BCUT2D eigenvalue weighted by Crippen LogP contribution is -2.18. The normalized spacial score (nSPS) is 25.3. The molecule has 2 aliphatic rings. The van der Waals surface area contributed by atoms with Gasteiger partial charge in [0.25, 0.3) is 0 Å². The Kier molecular flexibility index (Phi) is 3.19. The maximum atomic E-state index is 11.1. The first kappa shape index (κ1) is 12.5. The summed E-state index contributed by atoms with van der Waals surface area (Å²) in [5, 5.41) is 12.5. The maximum Gasteiger partial charge on any atom is 0.307 e. The molecule has 1 aromatic rings. The second-order valence-electron chi connectivity index (χ2n) is 5.40. The zero-order chi connectivity index (χ0) is 13.4. The Hall–Kier alpha value is -1.55. The lowest BCUT2D eigenvalue weighted by molar-refractivity contribution is -0.141. The summed E-state index contributed by atoms with van der Waals surface area (Å²) in [4.78, 5) is 11.1. The van der Waals surface area contributed by atoms with Crippen LogP contribution < -0.4 is 10.1 Å². The summed E-state index contributed by atoms with van der Waals surface area (Å²) in [6.07, 6.45) is 4.05. The molecule has 0 amide bonds. The topological polar surface area (TPSA) is 58.6 Å². The van der Waals surface area contributed by atoms with Gasteiger partial charge in [-0.25, -0.2) is 0 Å². The van der Waals surface area contributed by atoms with Crippen LogP contribution in [0.1, 0.15) is 35.6 Å². The summed E-state index contributed by atoms with van der Waals surface area (Å²) in [5.41, 5.74) is 3.97. The SMILES string of the molecule is COc1ccc2c(c1C1CC(C(=O)O)CN1)CCC2. The molecule has 0 saturated carbocycles. The van der Waals surface area contributed by atoms with Gasteiger partial charge >= 0.3 is 5.97 Å². The summed E-state index contributed by atoms with van der Waals surface area (Å²) in [7, 11) is 1.68. The van der Waals surface area contributed by atoms with Gasteiger partial charge in [0, 0.05) is 18.2 Å². The van der Waals surface area contributed by atoms with E-state index in [0.29, 0.717) is 13.0 Å². The van der Waals surface area contributed by atoms with Crippen LogP contribution in [0.3, 0.4) is 0 Å². The number of aryl methyl sites for hydroxylation is 1. The minimum Gasteiger partial charge on any atom is -0.496 e. The zero-order valence-electron chi connectivity index (χ0n) is 11.1. The number of methoxy groups -OCH3 is 1. The fourth-order valence-corrected chi connectivity index (χ4v) is 3.38. The number of carbonyl (C=O) groups is 1. The van der Waals surface area contributed by atoms with Crippen molar-refractivity contribution < 1.29 is 14.6 Å². The molecule has 2 unspecified atom stereocenters. The Labute approximate surface area is 112 Å². The standard InChI is InChI=1S/C15H19NO3/c1-19-13-6-5-9-3-2-4-11(9)14(13)12-7-10(8-16-12)15(17)18/h5-6,10,12,16H,2-4,7-8H2,1H3,(H,17,18). The van der Waals surface area contributed by atoms with E-state index in [0.717, 1.165) is 18.6 Å². The highest BCUT2D eigenvalue weighted by molar-refractivity contribution is 5.71. The number of nitrogens with one attached hydrogen (secondary N) is 1. The Morgan fingerprint density at radius 3 is 2.95 bits per heavy atom. The average molecular weight is 261 g/mol. The van der Waals surface area contributed by atoms with E-state index in [4.69, 9.17) is 9.84 Å². The number of hydrogen-bond donors (Lipinski definition) is 2. The van der Waals surface area contributed by atoms with Crippen LogP contribution in [-0.4, -0.2) is 24.7 Å². The average Bonchev–Trinajstić information content (AvgIpc) is 3.06. The summed E-state index contributed by atoms with van der Waals surface area (Å²) in [6, 6.07) is 4.29. The third-order valence-corrected chi connectivity index (χ3v) is 4.34. The minimum atomic E-state index is -0.707. The summed E-state index contributed by atoms with van der Waals surface area (Å²) in [6.45, 7) is 0.548. The fraction of sp³-hybridized carbons (Fsp3) is 0.533. The van der Waals surface area contributed by atoms with Gasteiger partial charge in [0.1, 0.15) is 5.75 Å². The number of rotatable bonds is 3. The van der Waals surface area contributed by atoms with Gasteiger partial charge in [-0.1, -0.05) is 6.07 Å². The van der Waals surface area contributed by atoms with Crippen LogP contribution in [0.25, 0.3) is 0 Å².